The van der Waals surface area contributed by atoms with Crippen molar-refractivity contribution in [3.05, 3.63) is 58.7 Å². The summed E-state index contributed by atoms with van der Waals surface area (Å²) in [6.07, 6.45) is 0. The molecule has 0 aliphatic rings. The number of hydrogen-bond acceptors (Lipinski definition) is 2. The Balaban J connectivity index is 2.16. The molecule has 0 atom stereocenters. The second-order valence-electron chi connectivity index (χ2n) is 4.30. The predicted octanol–water partition coefficient (Wildman–Crippen LogP) is 3.73. The number of nitrogens with zero attached hydrogens (tertiary/aromatic N) is 1. The van der Waals surface area contributed by atoms with Gasteiger partial charge in [0.1, 0.15) is 5.82 Å². The topological polar surface area (TPSA) is 24.9 Å². The molecule has 0 saturated carbocycles. The van der Waals surface area contributed by atoms with Gasteiger partial charge in [0.05, 0.1) is 11.4 Å². The smallest absolute Gasteiger partial charge is 0.161 e. The number of rotatable bonds is 3. The van der Waals surface area contributed by atoms with Gasteiger partial charge in [0.2, 0.25) is 0 Å². The lowest BCUT2D eigenvalue weighted by atomic mass is 10.2. The predicted molar refractivity (Wildman–Crippen MR) is 67.4 cm³/mol. The van der Waals surface area contributed by atoms with E-state index in [-0.39, 0.29) is 12.1 Å². The summed E-state index contributed by atoms with van der Waals surface area (Å²) in [5, 5.41) is 2.95. The highest BCUT2D eigenvalue weighted by Gasteiger charge is 2.10. The summed E-state index contributed by atoms with van der Waals surface area (Å²) in [6, 6.07) is 5.04. The van der Waals surface area contributed by atoms with Gasteiger partial charge in [0, 0.05) is 23.9 Å². The SMILES string of the molecule is Cc1ccc(NCc2cc(F)c(F)cc2F)c(C)n1. The van der Waals surface area contributed by atoms with Crippen LogP contribution in [0.3, 0.4) is 0 Å². The Labute approximate surface area is 109 Å². The number of pyridine rings is 1. The number of benzene rings is 1. The lowest BCUT2D eigenvalue weighted by Gasteiger charge is -2.10. The van der Waals surface area contributed by atoms with Gasteiger partial charge >= 0.3 is 0 Å². The van der Waals surface area contributed by atoms with E-state index in [2.05, 4.69) is 10.3 Å². The summed E-state index contributed by atoms with van der Waals surface area (Å²) in [4.78, 5) is 4.25. The Hall–Kier alpha value is -2.04. The van der Waals surface area contributed by atoms with E-state index in [0.29, 0.717) is 6.07 Å². The molecule has 0 saturated heterocycles. The van der Waals surface area contributed by atoms with Crippen LogP contribution in [0.4, 0.5) is 18.9 Å². The van der Waals surface area contributed by atoms with Gasteiger partial charge in [-0.15, -0.1) is 0 Å². The van der Waals surface area contributed by atoms with Gasteiger partial charge in [0.25, 0.3) is 0 Å². The third-order valence-electron chi connectivity index (χ3n) is 2.78. The molecule has 0 radical (unpaired) electrons. The van der Waals surface area contributed by atoms with Crippen molar-refractivity contribution in [3.8, 4) is 0 Å². The standard InChI is InChI=1S/C14H13F3N2/c1-8-3-4-14(9(2)19-8)18-7-10-5-12(16)13(17)6-11(10)15/h3-6,18H,7H2,1-2H3. The number of anilines is 1. The molecule has 1 heterocycles. The van der Waals surface area contributed by atoms with Crippen LogP contribution in [-0.4, -0.2) is 4.98 Å². The third-order valence-corrected chi connectivity index (χ3v) is 2.78. The number of aryl methyl sites for hydroxylation is 2. The van der Waals surface area contributed by atoms with Crippen LogP contribution < -0.4 is 5.32 Å². The summed E-state index contributed by atoms with van der Waals surface area (Å²) in [7, 11) is 0. The summed E-state index contributed by atoms with van der Waals surface area (Å²) in [5.74, 6) is -3.02. The molecule has 1 N–H and O–H groups in total. The van der Waals surface area contributed by atoms with E-state index in [1.807, 2.05) is 26.0 Å². The fourth-order valence-electron chi connectivity index (χ4n) is 1.76. The molecule has 0 aliphatic carbocycles. The molecule has 0 unspecified atom stereocenters. The van der Waals surface area contributed by atoms with Crippen LogP contribution >= 0.6 is 0 Å². The van der Waals surface area contributed by atoms with Crippen molar-refractivity contribution >= 4 is 5.69 Å². The van der Waals surface area contributed by atoms with Crippen molar-refractivity contribution in [2.24, 2.45) is 0 Å². The van der Waals surface area contributed by atoms with Gasteiger partial charge in [0.15, 0.2) is 11.6 Å². The van der Waals surface area contributed by atoms with Crippen molar-refractivity contribution in [1.29, 1.82) is 0 Å². The Bertz CT molecular complexity index is 612. The van der Waals surface area contributed by atoms with E-state index in [4.69, 9.17) is 0 Å². The number of aromatic nitrogens is 1. The Morgan fingerprint density at radius 1 is 1.00 bits per heavy atom. The fourth-order valence-corrected chi connectivity index (χ4v) is 1.76. The Kier molecular flexibility index (Phi) is 3.74. The van der Waals surface area contributed by atoms with Crippen LogP contribution in [-0.2, 0) is 6.54 Å². The minimum atomic E-state index is -1.19. The van der Waals surface area contributed by atoms with Gasteiger partial charge in [-0.2, -0.15) is 0 Å². The maximum absolute atomic E-state index is 13.4. The van der Waals surface area contributed by atoms with E-state index in [1.54, 1.807) is 0 Å². The molecule has 1 aromatic carbocycles. The van der Waals surface area contributed by atoms with E-state index in [9.17, 15) is 13.2 Å². The molecule has 0 amide bonds. The first-order valence-corrected chi connectivity index (χ1v) is 5.79. The molecule has 0 bridgehead atoms. The summed E-state index contributed by atoms with van der Waals surface area (Å²) >= 11 is 0. The first-order valence-electron chi connectivity index (χ1n) is 5.79. The van der Waals surface area contributed by atoms with Gasteiger partial charge in [-0.25, -0.2) is 13.2 Å². The van der Waals surface area contributed by atoms with Crippen LogP contribution in [0.15, 0.2) is 24.3 Å². The van der Waals surface area contributed by atoms with Crippen LogP contribution in [0.25, 0.3) is 0 Å². The summed E-state index contributed by atoms with van der Waals surface area (Å²) < 4.78 is 39.3. The Morgan fingerprint density at radius 3 is 2.37 bits per heavy atom. The van der Waals surface area contributed by atoms with Crippen molar-refractivity contribution in [2.75, 3.05) is 5.32 Å². The zero-order valence-electron chi connectivity index (χ0n) is 10.6. The van der Waals surface area contributed by atoms with Crippen LogP contribution in [0.2, 0.25) is 0 Å². The third kappa shape index (κ3) is 3.05. The molecule has 2 nitrogen and oxygen atoms in total. The van der Waals surface area contributed by atoms with E-state index >= 15 is 0 Å². The van der Waals surface area contributed by atoms with Crippen LogP contribution in [0.1, 0.15) is 17.0 Å². The normalized spacial score (nSPS) is 10.6. The Morgan fingerprint density at radius 2 is 1.68 bits per heavy atom. The van der Waals surface area contributed by atoms with Crippen molar-refractivity contribution < 1.29 is 13.2 Å². The van der Waals surface area contributed by atoms with E-state index in [1.165, 1.54) is 0 Å². The van der Waals surface area contributed by atoms with Gasteiger partial charge in [-0.3, -0.25) is 4.98 Å². The zero-order valence-corrected chi connectivity index (χ0v) is 10.6. The molecule has 0 aliphatic heterocycles. The maximum atomic E-state index is 13.4. The molecule has 0 spiro atoms. The highest BCUT2D eigenvalue weighted by atomic mass is 19.2. The van der Waals surface area contributed by atoms with Crippen molar-refractivity contribution in [2.45, 2.75) is 20.4 Å². The van der Waals surface area contributed by atoms with Gasteiger partial charge in [-0.1, -0.05) is 0 Å². The molecule has 0 fully saturated rings. The zero-order chi connectivity index (χ0) is 14.0. The average Bonchev–Trinajstić information content (AvgIpc) is 2.34. The minimum absolute atomic E-state index is 0.0641. The molecular weight excluding hydrogens is 253 g/mol. The lowest BCUT2D eigenvalue weighted by Crippen LogP contribution is -2.05. The monoisotopic (exact) mass is 266 g/mol. The van der Waals surface area contributed by atoms with Crippen LogP contribution in [0.5, 0.6) is 0 Å². The maximum Gasteiger partial charge on any atom is 0.161 e. The molecule has 19 heavy (non-hydrogen) atoms. The average molecular weight is 266 g/mol. The minimum Gasteiger partial charge on any atom is -0.379 e. The summed E-state index contributed by atoms with van der Waals surface area (Å²) in [5.41, 5.74) is 2.44. The molecule has 1 aromatic heterocycles. The quantitative estimate of drug-likeness (QED) is 0.856. The van der Waals surface area contributed by atoms with Gasteiger partial charge in [-0.05, 0) is 32.0 Å². The van der Waals surface area contributed by atoms with Crippen LogP contribution in [0, 0.1) is 31.3 Å². The highest BCUT2D eigenvalue weighted by Crippen LogP contribution is 2.17. The van der Waals surface area contributed by atoms with Crippen molar-refractivity contribution in [3.63, 3.8) is 0 Å². The summed E-state index contributed by atoms with van der Waals surface area (Å²) in [6.45, 7) is 3.75. The molecule has 2 rings (SSSR count). The van der Waals surface area contributed by atoms with Gasteiger partial charge < -0.3 is 5.32 Å². The van der Waals surface area contributed by atoms with E-state index < -0.39 is 17.5 Å². The number of nitrogens with one attached hydrogen (secondary N) is 1. The molecular formula is C14H13F3N2. The fraction of sp³-hybridized carbons (Fsp3) is 0.214. The molecule has 100 valence electrons. The molecule has 2 aromatic rings. The highest BCUT2D eigenvalue weighted by molar-refractivity contribution is 5.48. The molecule has 5 heteroatoms. The second-order valence-corrected chi connectivity index (χ2v) is 4.30. The first kappa shape index (κ1) is 13.4. The van der Waals surface area contributed by atoms with Crippen molar-refractivity contribution in [1.82, 2.24) is 4.98 Å². The first-order chi connectivity index (χ1) is 8.97. The lowest BCUT2D eigenvalue weighted by molar-refractivity contribution is 0.490. The van der Waals surface area contributed by atoms with E-state index in [0.717, 1.165) is 23.1 Å². The second kappa shape index (κ2) is 5.30. The number of halogens is 3. The number of hydrogen-bond donors (Lipinski definition) is 1. The largest absolute Gasteiger partial charge is 0.379 e.